The van der Waals surface area contributed by atoms with E-state index in [4.69, 9.17) is 4.74 Å². The van der Waals surface area contributed by atoms with Crippen molar-refractivity contribution in [3.8, 4) is 0 Å². The molecular weight excluding hydrogens is 270 g/mol. The molecule has 0 aromatic heterocycles. The number of hydrogen-bond donors (Lipinski definition) is 0. The van der Waals surface area contributed by atoms with E-state index in [0.29, 0.717) is 6.42 Å². The fraction of sp³-hybridized carbons (Fsp3) is 1.00. The summed E-state index contributed by atoms with van der Waals surface area (Å²) in [6.07, 6.45) is 8.09. The molecule has 2 rings (SSSR count). The smallest absolute Gasteiger partial charge is 0.157 e. The highest BCUT2D eigenvalue weighted by molar-refractivity contribution is 4.89. The van der Waals surface area contributed by atoms with Gasteiger partial charge in [-0.15, -0.1) is 0 Å². The van der Waals surface area contributed by atoms with Crippen molar-refractivity contribution in [2.24, 2.45) is 17.8 Å². The normalized spacial score (nSPS) is 41.1. The molecule has 0 aliphatic heterocycles. The van der Waals surface area contributed by atoms with Crippen molar-refractivity contribution < 1.29 is 13.5 Å². The minimum atomic E-state index is -1.42. The lowest BCUT2D eigenvalue weighted by Crippen LogP contribution is -2.42. The maximum Gasteiger partial charge on any atom is 0.157 e. The lowest BCUT2D eigenvalue weighted by molar-refractivity contribution is -0.0582. The second-order valence-electron chi connectivity index (χ2n) is 7.25. The van der Waals surface area contributed by atoms with Gasteiger partial charge in [-0.3, -0.25) is 0 Å². The van der Waals surface area contributed by atoms with Gasteiger partial charge in [0.1, 0.15) is 6.17 Å². The van der Waals surface area contributed by atoms with Gasteiger partial charge in [0.05, 0.1) is 6.10 Å². The van der Waals surface area contributed by atoms with Crippen LogP contribution in [-0.2, 0) is 4.74 Å². The minimum Gasteiger partial charge on any atom is -0.378 e. The fourth-order valence-corrected chi connectivity index (χ4v) is 4.38. The number of halogens is 2. The van der Waals surface area contributed by atoms with E-state index in [2.05, 4.69) is 6.92 Å². The van der Waals surface area contributed by atoms with Crippen LogP contribution in [0.3, 0.4) is 0 Å². The van der Waals surface area contributed by atoms with Gasteiger partial charge in [-0.1, -0.05) is 51.9 Å². The fourth-order valence-electron chi connectivity index (χ4n) is 4.38. The average Bonchev–Trinajstić information content (AvgIpc) is 2.50. The predicted molar refractivity (Wildman–Crippen MR) is 82.9 cm³/mol. The zero-order valence-corrected chi connectivity index (χ0v) is 13.7. The zero-order valence-electron chi connectivity index (χ0n) is 13.7. The van der Waals surface area contributed by atoms with Crippen molar-refractivity contribution in [2.75, 3.05) is 7.11 Å². The number of methoxy groups -OCH3 is 1. The molecule has 4 atom stereocenters. The van der Waals surface area contributed by atoms with Crippen LogP contribution in [0, 0.1) is 17.8 Å². The largest absolute Gasteiger partial charge is 0.378 e. The first-order chi connectivity index (χ1) is 10.2. The molecule has 0 N–H and O–H groups in total. The molecule has 0 saturated heterocycles. The molecule has 2 aliphatic carbocycles. The SMILES string of the molecule is CCCC1CCC(CCC2CCC(OC)C(F)C2F)CC1. The summed E-state index contributed by atoms with van der Waals surface area (Å²) in [6, 6.07) is 0. The van der Waals surface area contributed by atoms with Gasteiger partial charge in [-0.2, -0.15) is 0 Å². The first kappa shape index (κ1) is 17.2. The van der Waals surface area contributed by atoms with Crippen LogP contribution in [0.25, 0.3) is 0 Å². The molecule has 0 spiro atoms. The summed E-state index contributed by atoms with van der Waals surface area (Å²) in [5, 5.41) is 0. The molecule has 0 radical (unpaired) electrons. The summed E-state index contributed by atoms with van der Waals surface area (Å²) >= 11 is 0. The third kappa shape index (κ3) is 4.64. The van der Waals surface area contributed by atoms with Gasteiger partial charge < -0.3 is 4.74 Å². The maximum absolute atomic E-state index is 14.1. The van der Waals surface area contributed by atoms with Crippen molar-refractivity contribution in [1.29, 1.82) is 0 Å². The summed E-state index contributed by atoms with van der Waals surface area (Å²) in [5.74, 6) is 1.59. The first-order valence-electron chi connectivity index (χ1n) is 8.96. The van der Waals surface area contributed by atoms with Crippen molar-refractivity contribution in [1.82, 2.24) is 0 Å². The summed E-state index contributed by atoms with van der Waals surface area (Å²) < 4.78 is 33.1. The van der Waals surface area contributed by atoms with Crippen LogP contribution in [-0.4, -0.2) is 25.6 Å². The predicted octanol–water partition coefficient (Wildman–Crippen LogP) is 5.47. The monoisotopic (exact) mass is 302 g/mol. The summed E-state index contributed by atoms with van der Waals surface area (Å²) in [6.45, 7) is 2.26. The molecule has 0 amide bonds. The van der Waals surface area contributed by atoms with Gasteiger partial charge in [0, 0.05) is 7.11 Å². The highest BCUT2D eigenvalue weighted by atomic mass is 19.2. The van der Waals surface area contributed by atoms with Gasteiger partial charge in [-0.25, -0.2) is 8.78 Å². The molecule has 0 aromatic rings. The summed E-state index contributed by atoms with van der Waals surface area (Å²) in [5.41, 5.74) is 0. The van der Waals surface area contributed by atoms with E-state index in [1.165, 1.54) is 45.6 Å². The highest BCUT2D eigenvalue weighted by Gasteiger charge is 2.40. The second kappa shape index (κ2) is 8.45. The molecule has 2 fully saturated rings. The van der Waals surface area contributed by atoms with E-state index in [0.717, 1.165) is 31.1 Å². The third-order valence-corrected chi connectivity index (χ3v) is 5.84. The molecule has 4 unspecified atom stereocenters. The van der Waals surface area contributed by atoms with Crippen molar-refractivity contribution in [3.05, 3.63) is 0 Å². The lowest BCUT2D eigenvalue weighted by Gasteiger charge is -2.35. The van der Waals surface area contributed by atoms with Crippen LogP contribution in [0.2, 0.25) is 0 Å². The molecule has 2 aliphatic rings. The third-order valence-electron chi connectivity index (χ3n) is 5.84. The number of hydrogen-bond acceptors (Lipinski definition) is 1. The molecule has 21 heavy (non-hydrogen) atoms. The van der Waals surface area contributed by atoms with E-state index < -0.39 is 18.4 Å². The number of alkyl halides is 2. The Balaban J connectivity index is 1.69. The van der Waals surface area contributed by atoms with Gasteiger partial charge >= 0.3 is 0 Å². The van der Waals surface area contributed by atoms with E-state index in [-0.39, 0.29) is 5.92 Å². The first-order valence-corrected chi connectivity index (χ1v) is 8.96. The summed E-state index contributed by atoms with van der Waals surface area (Å²) in [4.78, 5) is 0. The Labute approximate surface area is 128 Å². The topological polar surface area (TPSA) is 9.23 Å². The standard InChI is InChI=1S/C18H32F2O/c1-3-4-13-5-7-14(8-6-13)9-10-15-11-12-16(21-2)18(20)17(15)19/h13-18H,3-12H2,1-2H3. The molecule has 2 saturated carbocycles. The maximum atomic E-state index is 14.1. The molecule has 0 aromatic carbocycles. The van der Waals surface area contributed by atoms with Crippen LogP contribution in [0.1, 0.15) is 71.1 Å². The minimum absolute atomic E-state index is 0.0836. The van der Waals surface area contributed by atoms with E-state index in [9.17, 15) is 8.78 Å². The lowest BCUT2D eigenvalue weighted by atomic mass is 9.75. The Morgan fingerprint density at radius 3 is 2.00 bits per heavy atom. The molecule has 0 heterocycles. The van der Waals surface area contributed by atoms with Gasteiger partial charge in [0.2, 0.25) is 0 Å². The van der Waals surface area contributed by atoms with Crippen LogP contribution in [0.4, 0.5) is 8.78 Å². The van der Waals surface area contributed by atoms with Crippen molar-refractivity contribution in [3.63, 3.8) is 0 Å². The quantitative estimate of drug-likeness (QED) is 0.632. The van der Waals surface area contributed by atoms with Crippen LogP contribution in [0.15, 0.2) is 0 Å². The zero-order chi connectivity index (χ0) is 15.2. The molecule has 0 bridgehead atoms. The van der Waals surface area contributed by atoms with Gasteiger partial charge in [0.15, 0.2) is 6.17 Å². The van der Waals surface area contributed by atoms with E-state index in [1.54, 1.807) is 0 Å². The number of ether oxygens (including phenoxy) is 1. The average molecular weight is 302 g/mol. The van der Waals surface area contributed by atoms with Crippen molar-refractivity contribution in [2.45, 2.75) is 89.6 Å². The Morgan fingerprint density at radius 2 is 1.43 bits per heavy atom. The Bertz CT molecular complexity index is 289. The summed E-state index contributed by atoms with van der Waals surface area (Å²) in [7, 11) is 1.49. The van der Waals surface area contributed by atoms with Crippen LogP contribution < -0.4 is 0 Å². The van der Waals surface area contributed by atoms with Crippen LogP contribution in [0.5, 0.6) is 0 Å². The Hall–Kier alpha value is -0.180. The Kier molecular flexibility index (Phi) is 6.91. The molecule has 124 valence electrons. The van der Waals surface area contributed by atoms with E-state index >= 15 is 0 Å². The van der Waals surface area contributed by atoms with Crippen molar-refractivity contribution >= 4 is 0 Å². The van der Waals surface area contributed by atoms with Gasteiger partial charge in [-0.05, 0) is 37.0 Å². The highest BCUT2D eigenvalue weighted by Crippen LogP contribution is 2.38. The second-order valence-corrected chi connectivity index (χ2v) is 7.25. The van der Waals surface area contributed by atoms with Gasteiger partial charge in [0.25, 0.3) is 0 Å². The molecule has 3 heteroatoms. The van der Waals surface area contributed by atoms with Crippen LogP contribution >= 0.6 is 0 Å². The number of rotatable bonds is 6. The molecule has 1 nitrogen and oxygen atoms in total. The van der Waals surface area contributed by atoms with E-state index in [1.807, 2.05) is 0 Å². The molecular formula is C18H32F2O. The Morgan fingerprint density at radius 1 is 0.810 bits per heavy atom.